The van der Waals surface area contributed by atoms with Crippen LogP contribution in [0, 0.1) is 10.5 Å². The van der Waals surface area contributed by atoms with Gasteiger partial charge >= 0.3 is 0 Å². The molecule has 14 heavy (non-hydrogen) atoms. The van der Waals surface area contributed by atoms with Crippen LogP contribution in [0.4, 0.5) is 0 Å². The van der Waals surface area contributed by atoms with Crippen LogP contribution in [-0.2, 0) is 0 Å². The van der Waals surface area contributed by atoms with E-state index < -0.39 is 0 Å². The van der Waals surface area contributed by atoms with Crippen molar-refractivity contribution in [3.63, 3.8) is 0 Å². The van der Waals surface area contributed by atoms with Crippen LogP contribution in [0.3, 0.4) is 0 Å². The quantitative estimate of drug-likeness (QED) is 0.744. The third kappa shape index (κ3) is 1.66. The van der Waals surface area contributed by atoms with Crippen LogP contribution in [-0.4, -0.2) is 4.98 Å². The van der Waals surface area contributed by atoms with Crippen LogP contribution in [0.2, 0.25) is 5.02 Å². The normalized spacial score (nSPS) is 10.8. The third-order valence-corrected chi connectivity index (χ3v) is 3.06. The van der Waals surface area contributed by atoms with Crippen molar-refractivity contribution in [1.29, 1.82) is 0 Å². The smallest absolute Gasteiger partial charge is 0.189 e. The lowest BCUT2D eigenvalue weighted by Gasteiger charge is -2.02. The van der Waals surface area contributed by atoms with Crippen LogP contribution in [0.5, 0.6) is 0 Å². The molecule has 0 fully saturated rings. The van der Waals surface area contributed by atoms with E-state index in [2.05, 4.69) is 27.6 Å². The Hall–Kier alpha value is -0.550. The van der Waals surface area contributed by atoms with Gasteiger partial charge in [-0.3, -0.25) is 4.79 Å². The van der Waals surface area contributed by atoms with E-state index in [1.165, 1.54) is 0 Å². The molecule has 0 spiro atoms. The van der Waals surface area contributed by atoms with Crippen molar-refractivity contribution in [3.05, 3.63) is 42.7 Å². The summed E-state index contributed by atoms with van der Waals surface area (Å²) in [6.45, 7) is 1.87. The van der Waals surface area contributed by atoms with Gasteiger partial charge in [-0.15, -0.1) is 0 Å². The lowest BCUT2D eigenvalue weighted by atomic mass is 10.2. The fraction of sp³-hybridized carbons (Fsp3) is 0.100. The minimum absolute atomic E-state index is 0.0108. The molecule has 0 aliphatic heterocycles. The Labute approximate surface area is 99.4 Å². The Kier molecular flexibility index (Phi) is 2.53. The van der Waals surface area contributed by atoms with Crippen molar-refractivity contribution in [3.8, 4) is 0 Å². The van der Waals surface area contributed by atoms with Gasteiger partial charge in [0.1, 0.15) is 0 Å². The molecule has 0 aliphatic rings. The number of hydrogen-bond acceptors (Lipinski definition) is 1. The monoisotopic (exact) mass is 319 g/mol. The summed E-state index contributed by atoms with van der Waals surface area (Å²) in [5.74, 6) is 0. The summed E-state index contributed by atoms with van der Waals surface area (Å²) in [6, 6.07) is 5.10. The van der Waals surface area contributed by atoms with E-state index in [1.807, 2.05) is 13.0 Å². The average molecular weight is 320 g/mol. The Bertz CT molecular complexity index is 562. The minimum atomic E-state index is 0.0108. The maximum Gasteiger partial charge on any atom is 0.189 e. The highest BCUT2D eigenvalue weighted by atomic mass is 127. The number of rotatable bonds is 0. The second-order valence-electron chi connectivity index (χ2n) is 3.13. The molecule has 0 aliphatic carbocycles. The second kappa shape index (κ2) is 3.55. The van der Waals surface area contributed by atoms with Crippen molar-refractivity contribution >= 4 is 45.1 Å². The maximum atomic E-state index is 11.6. The molecule has 72 valence electrons. The Balaban J connectivity index is 3.02. The average Bonchev–Trinajstić information content (AvgIpc) is 2.07. The third-order valence-electron chi connectivity index (χ3n) is 1.99. The number of halogens is 2. The first-order valence-electron chi connectivity index (χ1n) is 4.06. The van der Waals surface area contributed by atoms with Crippen LogP contribution < -0.4 is 5.43 Å². The first kappa shape index (κ1) is 9.98. The summed E-state index contributed by atoms with van der Waals surface area (Å²) in [6.07, 6.45) is 0. The van der Waals surface area contributed by atoms with Crippen LogP contribution in [0.25, 0.3) is 10.9 Å². The number of hydrogen-bond donors (Lipinski definition) is 1. The summed E-state index contributed by atoms with van der Waals surface area (Å²) in [5.41, 5.74) is 1.74. The van der Waals surface area contributed by atoms with Crippen molar-refractivity contribution in [1.82, 2.24) is 4.98 Å². The molecule has 1 N–H and O–H groups in total. The topological polar surface area (TPSA) is 32.9 Å². The molecule has 0 amide bonds. The highest BCUT2D eigenvalue weighted by molar-refractivity contribution is 14.1. The molecule has 0 unspecified atom stereocenters. The maximum absolute atomic E-state index is 11.6. The number of aromatic nitrogens is 1. The van der Waals surface area contributed by atoms with E-state index in [-0.39, 0.29) is 5.43 Å². The predicted molar refractivity (Wildman–Crippen MR) is 67.0 cm³/mol. The first-order chi connectivity index (χ1) is 6.58. The fourth-order valence-corrected chi connectivity index (χ4v) is 2.57. The van der Waals surface area contributed by atoms with Gasteiger partial charge in [-0.25, -0.2) is 0 Å². The molecule has 0 saturated heterocycles. The first-order valence-corrected chi connectivity index (χ1v) is 5.52. The lowest BCUT2D eigenvalue weighted by molar-refractivity contribution is 1.24. The number of aromatic amines is 1. The van der Waals surface area contributed by atoms with E-state index >= 15 is 0 Å². The van der Waals surface area contributed by atoms with E-state index in [0.29, 0.717) is 10.4 Å². The van der Waals surface area contributed by atoms with Crippen LogP contribution >= 0.6 is 34.2 Å². The molecule has 0 atom stereocenters. The second-order valence-corrected chi connectivity index (χ2v) is 4.73. The van der Waals surface area contributed by atoms with Gasteiger partial charge in [0.15, 0.2) is 5.43 Å². The van der Waals surface area contributed by atoms with E-state index in [9.17, 15) is 4.79 Å². The largest absolute Gasteiger partial charge is 0.358 e. The Morgan fingerprint density at radius 1 is 1.36 bits per heavy atom. The number of benzene rings is 1. The zero-order chi connectivity index (χ0) is 10.3. The Morgan fingerprint density at radius 3 is 2.79 bits per heavy atom. The summed E-state index contributed by atoms with van der Waals surface area (Å²) >= 11 is 8.04. The Morgan fingerprint density at radius 2 is 2.07 bits per heavy atom. The van der Waals surface area contributed by atoms with Crippen molar-refractivity contribution in [2.45, 2.75) is 6.92 Å². The number of fused-ring (bicyclic) bond motifs is 1. The summed E-state index contributed by atoms with van der Waals surface area (Å²) in [4.78, 5) is 14.8. The van der Waals surface area contributed by atoms with E-state index in [0.717, 1.165) is 14.8 Å². The number of pyridine rings is 1. The molecule has 1 aromatic heterocycles. The summed E-state index contributed by atoms with van der Waals surface area (Å²) in [7, 11) is 0. The molecule has 1 aromatic carbocycles. The van der Waals surface area contributed by atoms with Gasteiger partial charge < -0.3 is 4.98 Å². The number of H-pyrrole nitrogens is 1. The summed E-state index contributed by atoms with van der Waals surface area (Å²) in [5, 5.41) is 1.24. The number of nitrogens with one attached hydrogen (secondary N) is 1. The van der Waals surface area contributed by atoms with Crippen molar-refractivity contribution in [2.75, 3.05) is 0 Å². The van der Waals surface area contributed by atoms with E-state index in [1.54, 1.807) is 12.1 Å². The van der Waals surface area contributed by atoms with Crippen molar-refractivity contribution in [2.24, 2.45) is 0 Å². The molecular weight excluding hydrogens is 312 g/mol. The van der Waals surface area contributed by atoms with Gasteiger partial charge in [0, 0.05) is 25.7 Å². The van der Waals surface area contributed by atoms with Gasteiger partial charge in [-0.05, 0) is 41.6 Å². The molecule has 0 radical (unpaired) electrons. The molecule has 2 nitrogen and oxygen atoms in total. The zero-order valence-corrected chi connectivity index (χ0v) is 10.3. The van der Waals surface area contributed by atoms with Gasteiger partial charge in [-0.1, -0.05) is 11.6 Å². The van der Waals surface area contributed by atoms with Gasteiger partial charge in [0.2, 0.25) is 0 Å². The highest BCUT2D eigenvalue weighted by Crippen LogP contribution is 2.21. The predicted octanol–water partition coefficient (Wildman–Crippen LogP) is 3.09. The molecule has 0 saturated carbocycles. The van der Waals surface area contributed by atoms with E-state index in [4.69, 9.17) is 11.6 Å². The SMILES string of the molecule is Cc1cc(=O)c2cc(Cl)cc(I)c2[nH]1. The summed E-state index contributed by atoms with van der Waals surface area (Å²) < 4.78 is 0.964. The molecule has 0 bridgehead atoms. The highest BCUT2D eigenvalue weighted by Gasteiger charge is 2.04. The molecular formula is C10H7ClINO. The van der Waals surface area contributed by atoms with Crippen LogP contribution in [0.1, 0.15) is 5.69 Å². The molecule has 4 heteroatoms. The lowest BCUT2D eigenvalue weighted by Crippen LogP contribution is -2.03. The van der Waals surface area contributed by atoms with Gasteiger partial charge in [0.05, 0.1) is 5.52 Å². The number of aryl methyl sites for hydroxylation is 1. The minimum Gasteiger partial charge on any atom is -0.358 e. The standard InChI is InChI=1S/C10H7ClINO/c1-5-2-9(14)7-3-6(11)4-8(12)10(7)13-5/h2-4H,1H3,(H,13,14). The molecule has 2 aromatic rings. The molecule has 2 rings (SSSR count). The molecule has 1 heterocycles. The van der Waals surface area contributed by atoms with Gasteiger partial charge in [0.25, 0.3) is 0 Å². The van der Waals surface area contributed by atoms with Crippen molar-refractivity contribution < 1.29 is 0 Å². The van der Waals surface area contributed by atoms with Crippen LogP contribution in [0.15, 0.2) is 23.0 Å². The fourth-order valence-electron chi connectivity index (χ4n) is 1.40. The van der Waals surface area contributed by atoms with Gasteiger partial charge in [-0.2, -0.15) is 0 Å². The zero-order valence-electron chi connectivity index (χ0n) is 7.40.